The summed E-state index contributed by atoms with van der Waals surface area (Å²) in [5, 5.41) is 8.96. The molecule has 0 radical (unpaired) electrons. The van der Waals surface area contributed by atoms with Crippen LogP contribution in [0.4, 0.5) is 16.5 Å². The molecule has 4 nitrogen and oxygen atoms in total. The fourth-order valence-corrected chi connectivity index (χ4v) is 2.63. The third-order valence-electron chi connectivity index (χ3n) is 2.71. The maximum Gasteiger partial charge on any atom is 0.221 e. The van der Waals surface area contributed by atoms with Crippen molar-refractivity contribution in [1.29, 1.82) is 0 Å². The van der Waals surface area contributed by atoms with Gasteiger partial charge < -0.3 is 10.6 Å². The highest BCUT2D eigenvalue weighted by atomic mass is 32.1. The summed E-state index contributed by atoms with van der Waals surface area (Å²) in [4.78, 5) is 15.6. The number of amides is 1. The lowest BCUT2D eigenvalue weighted by Crippen LogP contribution is -2.11. The molecule has 0 bridgehead atoms. The van der Waals surface area contributed by atoms with Crippen molar-refractivity contribution in [3.8, 4) is 0 Å². The zero-order valence-corrected chi connectivity index (χ0v) is 13.0. The predicted octanol–water partition coefficient (Wildman–Crippen LogP) is 4.14. The molecule has 0 fully saturated rings. The lowest BCUT2D eigenvalue weighted by Gasteiger charge is -2.14. The molecular weight excluding hydrogens is 270 g/mol. The molecule has 0 atom stereocenters. The number of hydrogen-bond acceptors (Lipinski definition) is 4. The van der Waals surface area contributed by atoms with Crippen molar-refractivity contribution in [3.05, 3.63) is 35.3 Å². The van der Waals surface area contributed by atoms with Gasteiger partial charge in [-0.1, -0.05) is 26.8 Å². The van der Waals surface area contributed by atoms with Gasteiger partial charge in [0.1, 0.15) is 0 Å². The smallest absolute Gasteiger partial charge is 0.221 e. The molecule has 1 amide bonds. The van der Waals surface area contributed by atoms with E-state index in [1.54, 1.807) is 11.3 Å². The third-order valence-corrected chi connectivity index (χ3v) is 3.46. The number of carbonyl (C=O) groups is 1. The van der Waals surface area contributed by atoms with Crippen LogP contribution < -0.4 is 10.6 Å². The zero-order valence-electron chi connectivity index (χ0n) is 12.2. The molecule has 20 heavy (non-hydrogen) atoms. The van der Waals surface area contributed by atoms with E-state index in [2.05, 4.69) is 41.8 Å². The minimum Gasteiger partial charge on any atom is -0.331 e. The van der Waals surface area contributed by atoms with Crippen molar-refractivity contribution in [2.45, 2.75) is 33.1 Å². The molecule has 0 aliphatic rings. The minimum absolute atomic E-state index is 0.0501. The van der Waals surface area contributed by atoms with Crippen LogP contribution in [0.25, 0.3) is 0 Å². The number of anilines is 3. The van der Waals surface area contributed by atoms with Crippen LogP contribution in [0.1, 0.15) is 33.4 Å². The number of nitrogens with zero attached hydrogens (tertiary/aromatic N) is 1. The molecule has 2 aromatic rings. The molecule has 0 spiro atoms. The van der Waals surface area contributed by atoms with Crippen LogP contribution in [0.2, 0.25) is 0 Å². The zero-order chi connectivity index (χ0) is 14.8. The molecule has 0 aliphatic heterocycles. The largest absolute Gasteiger partial charge is 0.331 e. The van der Waals surface area contributed by atoms with E-state index < -0.39 is 0 Å². The first-order chi connectivity index (χ1) is 9.34. The molecule has 106 valence electrons. The van der Waals surface area contributed by atoms with Gasteiger partial charge in [0, 0.05) is 29.1 Å². The molecule has 1 heterocycles. The maximum atomic E-state index is 11.1. The Kier molecular flexibility index (Phi) is 4.09. The van der Waals surface area contributed by atoms with Crippen LogP contribution in [-0.4, -0.2) is 10.9 Å². The van der Waals surface area contributed by atoms with Gasteiger partial charge in [-0.15, -0.1) is 11.3 Å². The molecule has 2 N–H and O–H groups in total. The minimum atomic E-state index is -0.0774. The third kappa shape index (κ3) is 3.81. The molecule has 5 heteroatoms. The van der Waals surface area contributed by atoms with Gasteiger partial charge in [0.25, 0.3) is 0 Å². The Bertz CT molecular complexity index is 614. The number of aromatic nitrogens is 1. The van der Waals surface area contributed by atoms with Gasteiger partial charge in [-0.25, -0.2) is 4.98 Å². The quantitative estimate of drug-likeness (QED) is 0.892. The SMILES string of the molecule is CC(=O)Nc1cccc(Nc2nc(C(C)(C)C)cs2)c1. The number of thiazole rings is 1. The van der Waals surface area contributed by atoms with Crippen LogP contribution in [0.5, 0.6) is 0 Å². The number of carbonyl (C=O) groups excluding carboxylic acids is 1. The topological polar surface area (TPSA) is 54.0 Å². The summed E-state index contributed by atoms with van der Waals surface area (Å²) in [5.74, 6) is -0.0774. The molecule has 2 rings (SSSR count). The lowest BCUT2D eigenvalue weighted by molar-refractivity contribution is -0.114. The van der Waals surface area contributed by atoms with Crippen LogP contribution in [0.3, 0.4) is 0 Å². The molecule has 0 aliphatic carbocycles. The standard InChI is InChI=1S/C15H19N3OS/c1-10(19)16-11-6-5-7-12(8-11)17-14-18-13(9-20-14)15(2,3)4/h5-9H,1-4H3,(H,16,19)(H,17,18). The van der Waals surface area contributed by atoms with Gasteiger partial charge in [-0.2, -0.15) is 0 Å². The van der Waals surface area contributed by atoms with Crippen molar-refractivity contribution in [2.75, 3.05) is 10.6 Å². The van der Waals surface area contributed by atoms with Gasteiger partial charge in [-0.3, -0.25) is 4.79 Å². The first-order valence-corrected chi connectivity index (χ1v) is 7.33. The van der Waals surface area contributed by atoms with E-state index in [9.17, 15) is 4.79 Å². The second kappa shape index (κ2) is 5.63. The summed E-state index contributed by atoms with van der Waals surface area (Å²) >= 11 is 1.58. The molecule has 1 aromatic carbocycles. The first kappa shape index (κ1) is 14.5. The van der Waals surface area contributed by atoms with Crippen molar-refractivity contribution >= 4 is 33.8 Å². The number of rotatable bonds is 3. The Morgan fingerprint density at radius 1 is 1.25 bits per heavy atom. The molecule has 1 aromatic heterocycles. The van der Waals surface area contributed by atoms with Gasteiger partial charge in [0.05, 0.1) is 5.69 Å². The fraction of sp³-hybridized carbons (Fsp3) is 0.333. The Labute approximate surface area is 123 Å². The van der Waals surface area contributed by atoms with Crippen LogP contribution in [0, 0.1) is 0 Å². The van der Waals surface area contributed by atoms with Crippen molar-refractivity contribution in [3.63, 3.8) is 0 Å². The van der Waals surface area contributed by atoms with Crippen molar-refractivity contribution in [1.82, 2.24) is 4.98 Å². The van der Waals surface area contributed by atoms with E-state index in [4.69, 9.17) is 0 Å². The Balaban J connectivity index is 2.14. The summed E-state index contributed by atoms with van der Waals surface area (Å²) in [5.41, 5.74) is 2.80. The average molecular weight is 289 g/mol. The van der Waals surface area contributed by atoms with Gasteiger partial charge in [-0.05, 0) is 18.2 Å². The van der Waals surface area contributed by atoms with Crippen molar-refractivity contribution < 1.29 is 4.79 Å². The normalized spacial score (nSPS) is 11.2. The summed E-state index contributed by atoms with van der Waals surface area (Å²) in [6.45, 7) is 7.92. The summed E-state index contributed by atoms with van der Waals surface area (Å²) in [6, 6.07) is 7.59. The average Bonchev–Trinajstić information content (AvgIpc) is 2.76. The molecular formula is C15H19N3OS. The van der Waals surface area contributed by atoms with E-state index in [-0.39, 0.29) is 11.3 Å². The van der Waals surface area contributed by atoms with Crippen LogP contribution in [0.15, 0.2) is 29.6 Å². The van der Waals surface area contributed by atoms with E-state index in [0.717, 1.165) is 22.2 Å². The van der Waals surface area contributed by atoms with Crippen molar-refractivity contribution in [2.24, 2.45) is 0 Å². The monoisotopic (exact) mass is 289 g/mol. The Hall–Kier alpha value is -1.88. The highest BCUT2D eigenvalue weighted by molar-refractivity contribution is 7.13. The highest BCUT2D eigenvalue weighted by Crippen LogP contribution is 2.28. The first-order valence-electron chi connectivity index (χ1n) is 6.45. The highest BCUT2D eigenvalue weighted by Gasteiger charge is 2.17. The Morgan fingerprint density at radius 3 is 2.55 bits per heavy atom. The predicted molar refractivity (Wildman–Crippen MR) is 84.8 cm³/mol. The van der Waals surface area contributed by atoms with Crippen LogP contribution in [-0.2, 0) is 10.2 Å². The molecule has 0 saturated carbocycles. The fourth-order valence-electron chi connectivity index (χ4n) is 1.68. The van der Waals surface area contributed by atoms with E-state index in [0.29, 0.717) is 0 Å². The number of nitrogens with one attached hydrogen (secondary N) is 2. The maximum absolute atomic E-state index is 11.1. The Morgan fingerprint density at radius 2 is 1.95 bits per heavy atom. The second-order valence-corrected chi connectivity index (χ2v) is 6.53. The summed E-state index contributed by atoms with van der Waals surface area (Å²) in [7, 11) is 0. The van der Waals surface area contributed by atoms with Gasteiger partial charge in [0.15, 0.2) is 5.13 Å². The van der Waals surface area contributed by atoms with Crippen LogP contribution >= 0.6 is 11.3 Å². The van der Waals surface area contributed by atoms with Gasteiger partial charge in [0.2, 0.25) is 5.91 Å². The summed E-state index contributed by atoms with van der Waals surface area (Å²) in [6.07, 6.45) is 0. The van der Waals surface area contributed by atoms with E-state index >= 15 is 0 Å². The second-order valence-electron chi connectivity index (χ2n) is 5.67. The number of benzene rings is 1. The van der Waals surface area contributed by atoms with E-state index in [1.165, 1.54) is 6.92 Å². The number of hydrogen-bond donors (Lipinski definition) is 2. The lowest BCUT2D eigenvalue weighted by atomic mass is 9.93. The summed E-state index contributed by atoms with van der Waals surface area (Å²) < 4.78 is 0. The molecule has 0 unspecified atom stereocenters. The molecule has 0 saturated heterocycles. The van der Waals surface area contributed by atoms with Gasteiger partial charge >= 0.3 is 0 Å². The van der Waals surface area contributed by atoms with E-state index in [1.807, 2.05) is 24.3 Å².